The van der Waals surface area contributed by atoms with E-state index in [1.54, 1.807) is 11.3 Å². The van der Waals surface area contributed by atoms with Crippen molar-refractivity contribution in [2.45, 2.75) is 39.2 Å². The Morgan fingerprint density at radius 2 is 2.48 bits per heavy atom. The molecule has 1 aromatic rings. The lowest BCUT2D eigenvalue weighted by Gasteiger charge is -2.34. The molecule has 2 unspecified atom stereocenters. The van der Waals surface area contributed by atoms with Gasteiger partial charge in [0.05, 0.1) is 6.54 Å². The van der Waals surface area contributed by atoms with Crippen LogP contribution in [-0.4, -0.2) is 43.1 Å². The summed E-state index contributed by atoms with van der Waals surface area (Å²) in [6.45, 7) is 8.62. The van der Waals surface area contributed by atoms with Gasteiger partial charge in [0.2, 0.25) is 0 Å². The van der Waals surface area contributed by atoms with Crippen LogP contribution < -0.4 is 11.1 Å². The number of rotatable bonds is 6. The van der Waals surface area contributed by atoms with Crippen LogP contribution in [0.1, 0.15) is 31.6 Å². The summed E-state index contributed by atoms with van der Waals surface area (Å²) in [6, 6.07) is 4.71. The third-order valence-corrected chi connectivity index (χ3v) is 5.03. The van der Waals surface area contributed by atoms with Crippen molar-refractivity contribution in [2.75, 3.05) is 26.2 Å². The van der Waals surface area contributed by atoms with Crippen molar-refractivity contribution in [1.29, 1.82) is 0 Å². The minimum Gasteiger partial charge on any atom is -0.370 e. The fourth-order valence-electron chi connectivity index (χ4n) is 2.80. The van der Waals surface area contributed by atoms with E-state index in [2.05, 4.69) is 46.6 Å². The fourth-order valence-corrected chi connectivity index (χ4v) is 3.51. The van der Waals surface area contributed by atoms with Gasteiger partial charge in [-0.3, -0.25) is 9.89 Å². The van der Waals surface area contributed by atoms with Gasteiger partial charge in [-0.05, 0) is 50.1 Å². The summed E-state index contributed by atoms with van der Waals surface area (Å²) < 4.78 is 0. The number of nitrogens with one attached hydrogen (secondary N) is 1. The number of likely N-dealkylation sites (tertiary alicyclic amines) is 1. The van der Waals surface area contributed by atoms with Crippen molar-refractivity contribution in [1.82, 2.24) is 10.2 Å². The minimum atomic E-state index is 0.477. The molecule has 2 heterocycles. The van der Waals surface area contributed by atoms with Gasteiger partial charge in [0.15, 0.2) is 5.96 Å². The van der Waals surface area contributed by atoms with Gasteiger partial charge in [0, 0.05) is 24.0 Å². The van der Waals surface area contributed by atoms with E-state index < -0.39 is 0 Å². The third kappa shape index (κ3) is 5.67. The molecule has 0 spiro atoms. The lowest BCUT2D eigenvalue weighted by Crippen LogP contribution is -2.43. The van der Waals surface area contributed by atoms with E-state index in [1.165, 1.54) is 30.8 Å². The molecular weight excluding hydrogens is 280 g/mol. The highest BCUT2D eigenvalue weighted by atomic mass is 32.1. The van der Waals surface area contributed by atoms with Crippen molar-refractivity contribution in [3.8, 4) is 0 Å². The Morgan fingerprint density at radius 1 is 1.62 bits per heavy atom. The highest BCUT2D eigenvalue weighted by molar-refractivity contribution is 7.09. The summed E-state index contributed by atoms with van der Waals surface area (Å²) in [6.07, 6.45) is 3.68. The van der Waals surface area contributed by atoms with Crippen molar-refractivity contribution >= 4 is 17.3 Å². The Hall–Kier alpha value is -1.07. The van der Waals surface area contributed by atoms with Crippen LogP contribution in [0, 0.1) is 5.92 Å². The first-order chi connectivity index (χ1) is 10.1. The molecule has 1 fully saturated rings. The average Bonchev–Trinajstić information content (AvgIpc) is 2.98. The third-order valence-electron chi connectivity index (χ3n) is 4.10. The zero-order valence-corrected chi connectivity index (χ0v) is 14.0. The molecule has 21 heavy (non-hydrogen) atoms. The highest BCUT2D eigenvalue weighted by Gasteiger charge is 2.20. The maximum absolute atomic E-state index is 5.94. The predicted octanol–water partition coefficient (Wildman–Crippen LogP) is 2.32. The van der Waals surface area contributed by atoms with Crippen molar-refractivity contribution in [3.63, 3.8) is 0 Å². The molecule has 0 amide bonds. The molecule has 2 atom stereocenters. The van der Waals surface area contributed by atoms with Crippen LogP contribution in [0.2, 0.25) is 0 Å². The summed E-state index contributed by atoms with van der Waals surface area (Å²) in [5, 5.41) is 5.31. The number of nitrogens with two attached hydrogens (primary N) is 1. The minimum absolute atomic E-state index is 0.477. The molecule has 2 rings (SSSR count). The Kier molecular flexibility index (Phi) is 6.51. The Balaban J connectivity index is 1.67. The first-order valence-electron chi connectivity index (χ1n) is 7.95. The van der Waals surface area contributed by atoms with E-state index in [-0.39, 0.29) is 0 Å². The van der Waals surface area contributed by atoms with Gasteiger partial charge in [-0.15, -0.1) is 11.3 Å². The van der Waals surface area contributed by atoms with E-state index >= 15 is 0 Å². The number of aliphatic imine (C=N–C) groups is 1. The van der Waals surface area contributed by atoms with Crippen LogP contribution in [0.25, 0.3) is 0 Å². The maximum Gasteiger partial charge on any atom is 0.188 e. The molecule has 0 aliphatic carbocycles. The normalized spacial score (nSPS) is 22.2. The number of hydrogen-bond acceptors (Lipinski definition) is 3. The van der Waals surface area contributed by atoms with Crippen LogP contribution in [0.4, 0.5) is 0 Å². The first-order valence-corrected chi connectivity index (χ1v) is 8.83. The van der Waals surface area contributed by atoms with Gasteiger partial charge in [0.25, 0.3) is 0 Å². The summed E-state index contributed by atoms with van der Waals surface area (Å²) in [4.78, 5) is 8.41. The van der Waals surface area contributed by atoms with E-state index in [9.17, 15) is 0 Å². The van der Waals surface area contributed by atoms with Crippen LogP contribution in [0.3, 0.4) is 0 Å². The molecule has 5 heteroatoms. The van der Waals surface area contributed by atoms with E-state index in [1.807, 2.05) is 0 Å². The van der Waals surface area contributed by atoms with Crippen LogP contribution in [0.5, 0.6) is 0 Å². The van der Waals surface area contributed by atoms with Crippen LogP contribution in [-0.2, 0) is 6.42 Å². The Bertz CT molecular complexity index is 429. The summed E-state index contributed by atoms with van der Waals surface area (Å²) >= 11 is 1.78. The molecule has 118 valence electrons. The first kappa shape index (κ1) is 16.3. The number of thiophene rings is 1. The second-order valence-corrected chi connectivity index (χ2v) is 7.11. The van der Waals surface area contributed by atoms with E-state index in [0.717, 1.165) is 25.4 Å². The van der Waals surface area contributed by atoms with Gasteiger partial charge in [-0.2, -0.15) is 0 Å². The summed E-state index contributed by atoms with van der Waals surface area (Å²) in [7, 11) is 0. The smallest absolute Gasteiger partial charge is 0.188 e. The number of nitrogens with zero attached hydrogens (tertiary/aromatic N) is 2. The standard InChI is InChI=1S/C16H28N4S/c1-13-5-3-9-20(12-13)14(2)11-19-16(17)18-8-7-15-6-4-10-21-15/h4,6,10,13-14H,3,5,7-9,11-12H2,1-2H3,(H3,17,18,19). The second-order valence-electron chi connectivity index (χ2n) is 6.07. The summed E-state index contributed by atoms with van der Waals surface area (Å²) in [5.74, 6) is 1.38. The fraction of sp³-hybridized carbons (Fsp3) is 0.688. The molecule has 4 nitrogen and oxygen atoms in total. The van der Waals surface area contributed by atoms with Gasteiger partial charge < -0.3 is 11.1 Å². The van der Waals surface area contributed by atoms with Gasteiger partial charge >= 0.3 is 0 Å². The molecule has 1 aromatic heterocycles. The number of piperidine rings is 1. The molecule has 1 aliphatic heterocycles. The molecular formula is C16H28N4S. The number of guanidine groups is 1. The molecule has 0 saturated carbocycles. The predicted molar refractivity (Wildman–Crippen MR) is 91.9 cm³/mol. The average molecular weight is 308 g/mol. The zero-order valence-electron chi connectivity index (χ0n) is 13.2. The van der Waals surface area contributed by atoms with Gasteiger partial charge in [-0.25, -0.2) is 0 Å². The Morgan fingerprint density at radius 3 is 3.19 bits per heavy atom. The van der Waals surface area contributed by atoms with Crippen molar-refractivity contribution in [3.05, 3.63) is 22.4 Å². The summed E-state index contributed by atoms with van der Waals surface area (Å²) in [5.41, 5.74) is 5.94. The van der Waals surface area contributed by atoms with E-state index in [0.29, 0.717) is 12.0 Å². The lowest BCUT2D eigenvalue weighted by atomic mass is 9.99. The topological polar surface area (TPSA) is 53.6 Å². The SMILES string of the molecule is CC1CCCN(C(C)CN=C(N)NCCc2cccs2)C1. The monoisotopic (exact) mass is 308 g/mol. The Labute approximate surface area is 132 Å². The zero-order chi connectivity index (χ0) is 15.1. The van der Waals surface area contributed by atoms with E-state index in [4.69, 9.17) is 5.73 Å². The van der Waals surface area contributed by atoms with Crippen molar-refractivity contribution < 1.29 is 0 Å². The molecule has 1 aliphatic rings. The van der Waals surface area contributed by atoms with Gasteiger partial charge in [0.1, 0.15) is 0 Å². The van der Waals surface area contributed by atoms with Crippen molar-refractivity contribution in [2.24, 2.45) is 16.6 Å². The number of hydrogen-bond donors (Lipinski definition) is 2. The lowest BCUT2D eigenvalue weighted by molar-refractivity contribution is 0.142. The largest absolute Gasteiger partial charge is 0.370 e. The molecule has 3 N–H and O–H groups in total. The molecule has 0 bridgehead atoms. The molecule has 1 saturated heterocycles. The van der Waals surface area contributed by atoms with Crippen LogP contribution in [0.15, 0.2) is 22.5 Å². The highest BCUT2D eigenvalue weighted by Crippen LogP contribution is 2.17. The quantitative estimate of drug-likeness (QED) is 0.626. The van der Waals surface area contributed by atoms with Crippen LogP contribution >= 0.6 is 11.3 Å². The van der Waals surface area contributed by atoms with Gasteiger partial charge in [-0.1, -0.05) is 13.0 Å². The molecule has 0 aromatic carbocycles. The maximum atomic E-state index is 5.94. The molecule has 0 radical (unpaired) electrons. The second kappa shape index (κ2) is 8.39.